The third kappa shape index (κ3) is 6.27. The summed E-state index contributed by atoms with van der Waals surface area (Å²) in [5.74, 6) is -0.373. The van der Waals surface area contributed by atoms with Gasteiger partial charge in [-0.1, -0.05) is 69.9 Å². The van der Waals surface area contributed by atoms with Crippen molar-refractivity contribution in [2.45, 2.75) is 90.6 Å². The molecule has 2 rings (SSSR count). The fourth-order valence-electron chi connectivity index (χ4n) is 3.35. The van der Waals surface area contributed by atoms with Crippen molar-refractivity contribution in [2.24, 2.45) is 0 Å². The van der Waals surface area contributed by atoms with Crippen molar-refractivity contribution in [2.75, 3.05) is 0 Å². The molecule has 0 radical (unpaired) electrons. The summed E-state index contributed by atoms with van der Waals surface area (Å²) in [4.78, 5) is 23.0. The summed E-state index contributed by atoms with van der Waals surface area (Å²) in [7, 11) is 0. The van der Waals surface area contributed by atoms with Crippen LogP contribution in [0.1, 0.15) is 92.1 Å². The molecule has 0 N–H and O–H groups in total. The van der Waals surface area contributed by atoms with Gasteiger partial charge in [-0.15, -0.1) is 0 Å². The molecular formula is C21H32O3. The van der Waals surface area contributed by atoms with Crippen LogP contribution in [-0.4, -0.2) is 12.1 Å². The first-order chi connectivity index (χ1) is 11.7. The molecule has 1 fully saturated rings. The van der Waals surface area contributed by atoms with Crippen molar-refractivity contribution in [3.05, 3.63) is 34.9 Å². The molecule has 0 saturated heterocycles. The first-order valence-corrected chi connectivity index (χ1v) is 9.62. The lowest BCUT2D eigenvalue weighted by molar-refractivity contribution is -0.277. The van der Waals surface area contributed by atoms with E-state index in [0.29, 0.717) is 5.56 Å². The monoisotopic (exact) mass is 332 g/mol. The molecule has 24 heavy (non-hydrogen) atoms. The van der Waals surface area contributed by atoms with E-state index in [1.807, 2.05) is 26.0 Å². The highest BCUT2D eigenvalue weighted by Crippen LogP contribution is 2.20. The van der Waals surface area contributed by atoms with E-state index in [4.69, 9.17) is 9.78 Å². The van der Waals surface area contributed by atoms with Crippen LogP contribution in [0.25, 0.3) is 0 Å². The first kappa shape index (κ1) is 19.0. The van der Waals surface area contributed by atoms with E-state index in [1.165, 1.54) is 44.9 Å². The summed E-state index contributed by atoms with van der Waals surface area (Å²) in [5.41, 5.74) is 2.66. The Kier molecular flexibility index (Phi) is 8.31. The Morgan fingerprint density at radius 3 is 2.00 bits per heavy atom. The Hall–Kier alpha value is -1.35. The minimum Gasteiger partial charge on any atom is -0.293 e. The van der Waals surface area contributed by atoms with Gasteiger partial charge in [-0.3, -0.25) is 4.89 Å². The SMILES string of the molecule is Cc1cccc(C(=O)OOC2CCCCCCCCCCC2)c1C. The van der Waals surface area contributed by atoms with Gasteiger partial charge in [0, 0.05) is 0 Å². The molecule has 1 saturated carbocycles. The average molecular weight is 332 g/mol. The quantitative estimate of drug-likeness (QED) is 0.498. The Morgan fingerprint density at radius 2 is 1.42 bits per heavy atom. The van der Waals surface area contributed by atoms with Crippen LogP contribution in [-0.2, 0) is 9.78 Å². The van der Waals surface area contributed by atoms with Gasteiger partial charge in [-0.25, -0.2) is 4.79 Å². The summed E-state index contributed by atoms with van der Waals surface area (Å²) >= 11 is 0. The molecule has 1 aliphatic rings. The lowest BCUT2D eigenvalue weighted by Crippen LogP contribution is -2.18. The zero-order valence-electron chi connectivity index (χ0n) is 15.3. The Balaban J connectivity index is 1.84. The van der Waals surface area contributed by atoms with E-state index in [2.05, 4.69) is 0 Å². The third-order valence-corrected chi connectivity index (χ3v) is 5.14. The number of benzene rings is 1. The summed E-state index contributed by atoms with van der Waals surface area (Å²) < 4.78 is 0. The first-order valence-electron chi connectivity index (χ1n) is 9.62. The Labute approximate surface area is 146 Å². The second-order valence-corrected chi connectivity index (χ2v) is 7.10. The van der Waals surface area contributed by atoms with Crippen LogP contribution in [0.5, 0.6) is 0 Å². The largest absolute Gasteiger partial charge is 0.373 e. The number of carbonyl (C=O) groups excluding carboxylic acids is 1. The van der Waals surface area contributed by atoms with Crippen molar-refractivity contribution in [1.29, 1.82) is 0 Å². The molecule has 1 aromatic carbocycles. The lowest BCUT2D eigenvalue weighted by Gasteiger charge is -2.17. The minimum absolute atomic E-state index is 0.0403. The molecule has 0 unspecified atom stereocenters. The highest BCUT2D eigenvalue weighted by atomic mass is 17.2. The average Bonchev–Trinajstić information content (AvgIpc) is 2.56. The smallest absolute Gasteiger partial charge is 0.293 e. The van der Waals surface area contributed by atoms with E-state index >= 15 is 0 Å². The zero-order chi connectivity index (χ0) is 17.2. The van der Waals surface area contributed by atoms with Crippen LogP contribution < -0.4 is 0 Å². The van der Waals surface area contributed by atoms with Crippen LogP contribution in [0.4, 0.5) is 0 Å². The fraction of sp³-hybridized carbons (Fsp3) is 0.667. The number of hydrogen-bond acceptors (Lipinski definition) is 3. The maximum atomic E-state index is 12.3. The van der Waals surface area contributed by atoms with Gasteiger partial charge < -0.3 is 0 Å². The predicted octanol–water partition coefficient (Wildman–Crippen LogP) is 6.07. The Bertz CT molecular complexity index is 498. The highest BCUT2D eigenvalue weighted by molar-refractivity contribution is 5.90. The molecule has 1 aromatic rings. The van der Waals surface area contributed by atoms with E-state index in [0.717, 1.165) is 36.8 Å². The number of hydrogen-bond donors (Lipinski definition) is 0. The van der Waals surface area contributed by atoms with Gasteiger partial charge in [0.2, 0.25) is 0 Å². The molecule has 0 amide bonds. The minimum atomic E-state index is -0.373. The van der Waals surface area contributed by atoms with Gasteiger partial charge in [0.15, 0.2) is 0 Å². The molecule has 134 valence electrons. The summed E-state index contributed by atoms with van der Waals surface area (Å²) in [5, 5.41) is 0. The molecule has 0 bridgehead atoms. The van der Waals surface area contributed by atoms with Gasteiger partial charge in [-0.05, 0) is 43.9 Å². The van der Waals surface area contributed by atoms with Crippen LogP contribution in [0, 0.1) is 13.8 Å². The van der Waals surface area contributed by atoms with Crippen LogP contribution in [0.2, 0.25) is 0 Å². The fourth-order valence-corrected chi connectivity index (χ4v) is 3.35. The van der Waals surface area contributed by atoms with Gasteiger partial charge in [0.05, 0.1) is 5.56 Å². The summed E-state index contributed by atoms with van der Waals surface area (Å²) in [6, 6.07) is 5.68. The van der Waals surface area contributed by atoms with Gasteiger partial charge in [0.1, 0.15) is 6.10 Å². The normalized spacial score (nSPS) is 18.4. The highest BCUT2D eigenvalue weighted by Gasteiger charge is 2.17. The molecule has 0 spiro atoms. The summed E-state index contributed by atoms with van der Waals surface area (Å²) in [6.45, 7) is 3.95. The second-order valence-electron chi connectivity index (χ2n) is 7.10. The van der Waals surface area contributed by atoms with Crippen molar-refractivity contribution < 1.29 is 14.6 Å². The summed E-state index contributed by atoms with van der Waals surface area (Å²) in [6.07, 6.45) is 13.6. The zero-order valence-corrected chi connectivity index (χ0v) is 15.3. The standard InChI is InChI=1S/C21H32O3/c1-17-13-12-16-20(18(17)2)21(22)24-23-19-14-10-8-6-4-3-5-7-9-11-15-19/h12-13,16,19H,3-11,14-15H2,1-2H3. The second kappa shape index (κ2) is 10.5. The van der Waals surface area contributed by atoms with Gasteiger partial charge >= 0.3 is 5.97 Å². The lowest BCUT2D eigenvalue weighted by atomic mass is 9.99. The van der Waals surface area contributed by atoms with Crippen molar-refractivity contribution in [3.63, 3.8) is 0 Å². The molecule has 3 heteroatoms. The number of carbonyl (C=O) groups is 1. The van der Waals surface area contributed by atoms with E-state index in [1.54, 1.807) is 6.07 Å². The van der Waals surface area contributed by atoms with E-state index < -0.39 is 0 Å². The van der Waals surface area contributed by atoms with Crippen molar-refractivity contribution >= 4 is 5.97 Å². The van der Waals surface area contributed by atoms with Crippen molar-refractivity contribution in [1.82, 2.24) is 0 Å². The third-order valence-electron chi connectivity index (χ3n) is 5.14. The Morgan fingerprint density at radius 1 is 0.875 bits per heavy atom. The maximum absolute atomic E-state index is 12.3. The van der Waals surface area contributed by atoms with Crippen LogP contribution >= 0.6 is 0 Å². The topological polar surface area (TPSA) is 35.5 Å². The molecule has 0 aromatic heterocycles. The molecule has 3 nitrogen and oxygen atoms in total. The van der Waals surface area contributed by atoms with Crippen LogP contribution in [0.3, 0.4) is 0 Å². The number of aryl methyl sites for hydroxylation is 1. The molecule has 0 aliphatic heterocycles. The maximum Gasteiger partial charge on any atom is 0.373 e. The molecule has 0 atom stereocenters. The molecule has 1 aliphatic carbocycles. The van der Waals surface area contributed by atoms with Crippen LogP contribution in [0.15, 0.2) is 18.2 Å². The molecular weight excluding hydrogens is 300 g/mol. The van der Waals surface area contributed by atoms with E-state index in [-0.39, 0.29) is 12.1 Å². The van der Waals surface area contributed by atoms with Gasteiger partial charge in [0.25, 0.3) is 0 Å². The van der Waals surface area contributed by atoms with Gasteiger partial charge in [-0.2, -0.15) is 4.89 Å². The number of rotatable bonds is 3. The van der Waals surface area contributed by atoms with Crippen molar-refractivity contribution in [3.8, 4) is 0 Å². The predicted molar refractivity (Wildman–Crippen MR) is 97.0 cm³/mol. The van der Waals surface area contributed by atoms with E-state index in [9.17, 15) is 4.79 Å². The molecule has 0 heterocycles.